The summed E-state index contributed by atoms with van der Waals surface area (Å²) in [5.41, 5.74) is 2.62. The van der Waals surface area contributed by atoms with Crippen molar-refractivity contribution in [3.05, 3.63) is 76.2 Å². The van der Waals surface area contributed by atoms with Crippen LogP contribution in [0.15, 0.2) is 64.9 Å². The molecule has 30 heavy (non-hydrogen) atoms. The van der Waals surface area contributed by atoms with Crippen LogP contribution in [0.3, 0.4) is 0 Å². The van der Waals surface area contributed by atoms with Crippen LogP contribution in [0.2, 0.25) is 0 Å². The van der Waals surface area contributed by atoms with Gasteiger partial charge < -0.3 is 5.32 Å². The fourth-order valence-electron chi connectivity index (χ4n) is 3.83. The van der Waals surface area contributed by atoms with Gasteiger partial charge in [-0.25, -0.2) is 4.39 Å². The zero-order valence-corrected chi connectivity index (χ0v) is 18.6. The predicted molar refractivity (Wildman–Crippen MR) is 124 cm³/mol. The SMILES string of the molecule is CSc1ccc(CN2CCC(CNC(=O)c3cc(-c4ccccc4F)cs3)C2)cc1. The molecule has 0 saturated carbocycles. The molecule has 3 aromatic rings. The molecule has 0 aliphatic carbocycles. The molecule has 0 radical (unpaired) electrons. The summed E-state index contributed by atoms with van der Waals surface area (Å²) < 4.78 is 14.0. The first-order valence-electron chi connectivity index (χ1n) is 10.1. The summed E-state index contributed by atoms with van der Waals surface area (Å²) in [6.45, 7) is 3.68. The Labute approximate surface area is 185 Å². The minimum atomic E-state index is -0.267. The summed E-state index contributed by atoms with van der Waals surface area (Å²) in [7, 11) is 0. The third kappa shape index (κ3) is 5.12. The maximum Gasteiger partial charge on any atom is 0.261 e. The summed E-state index contributed by atoms with van der Waals surface area (Å²) in [5, 5.41) is 4.91. The lowest BCUT2D eigenvalue weighted by molar-refractivity contribution is 0.0951. The van der Waals surface area contributed by atoms with Crippen molar-refractivity contribution >= 4 is 29.0 Å². The maximum absolute atomic E-state index is 14.0. The molecule has 4 rings (SSSR count). The number of carbonyl (C=O) groups is 1. The molecule has 1 fully saturated rings. The van der Waals surface area contributed by atoms with Gasteiger partial charge >= 0.3 is 0 Å². The number of rotatable bonds is 7. The van der Waals surface area contributed by atoms with E-state index < -0.39 is 0 Å². The number of thiophene rings is 1. The zero-order chi connectivity index (χ0) is 20.9. The van der Waals surface area contributed by atoms with Crippen LogP contribution in [-0.2, 0) is 6.54 Å². The Morgan fingerprint density at radius 3 is 2.80 bits per heavy atom. The van der Waals surface area contributed by atoms with Gasteiger partial charge in [-0.1, -0.05) is 30.3 Å². The molecule has 2 aromatic carbocycles. The number of likely N-dealkylation sites (tertiary alicyclic amines) is 1. The molecule has 156 valence electrons. The first kappa shape index (κ1) is 21.1. The summed E-state index contributed by atoms with van der Waals surface area (Å²) in [6.07, 6.45) is 3.18. The number of hydrogen-bond donors (Lipinski definition) is 1. The van der Waals surface area contributed by atoms with Crippen LogP contribution in [0.5, 0.6) is 0 Å². The second-order valence-corrected chi connectivity index (χ2v) is 9.42. The zero-order valence-electron chi connectivity index (χ0n) is 16.9. The first-order valence-corrected chi connectivity index (χ1v) is 12.2. The largest absolute Gasteiger partial charge is 0.351 e. The topological polar surface area (TPSA) is 32.3 Å². The summed E-state index contributed by atoms with van der Waals surface area (Å²) in [6, 6.07) is 17.2. The standard InChI is InChI=1S/C24H25FN2OS2/c1-29-20-8-6-17(7-9-20)14-27-11-10-18(15-27)13-26-24(28)23-12-19(16-30-23)21-4-2-3-5-22(21)25/h2-9,12,16,18H,10-11,13-15H2,1H3,(H,26,28). The van der Waals surface area contributed by atoms with Crippen LogP contribution in [0.4, 0.5) is 4.39 Å². The van der Waals surface area contributed by atoms with Gasteiger partial charge in [0.2, 0.25) is 0 Å². The Kier molecular flexibility index (Phi) is 6.87. The van der Waals surface area contributed by atoms with Gasteiger partial charge in [-0.05, 0) is 65.9 Å². The molecule has 1 aliphatic heterocycles. The van der Waals surface area contributed by atoms with Gasteiger partial charge in [-0.2, -0.15) is 0 Å². The number of amides is 1. The highest BCUT2D eigenvalue weighted by molar-refractivity contribution is 7.98. The molecule has 6 heteroatoms. The molecular formula is C24H25FN2OS2. The number of halogens is 1. The molecule has 0 bridgehead atoms. The number of nitrogens with zero attached hydrogens (tertiary/aromatic N) is 1. The number of thioether (sulfide) groups is 1. The third-order valence-electron chi connectivity index (χ3n) is 5.49. The molecule has 3 nitrogen and oxygen atoms in total. The second kappa shape index (κ2) is 9.77. The van der Waals surface area contributed by atoms with Crippen molar-refractivity contribution in [2.24, 2.45) is 5.92 Å². The van der Waals surface area contributed by atoms with Crippen molar-refractivity contribution in [3.8, 4) is 11.1 Å². The maximum atomic E-state index is 14.0. The van der Waals surface area contributed by atoms with Gasteiger partial charge in [-0.15, -0.1) is 23.1 Å². The van der Waals surface area contributed by atoms with Crippen LogP contribution < -0.4 is 5.32 Å². The molecule has 1 aliphatic rings. The number of nitrogens with one attached hydrogen (secondary N) is 1. The number of benzene rings is 2. The van der Waals surface area contributed by atoms with E-state index in [2.05, 4.69) is 40.7 Å². The van der Waals surface area contributed by atoms with Gasteiger partial charge in [0.15, 0.2) is 0 Å². The fourth-order valence-corrected chi connectivity index (χ4v) is 5.06. The molecule has 1 aromatic heterocycles. The Morgan fingerprint density at radius 2 is 2.03 bits per heavy atom. The van der Waals surface area contributed by atoms with Gasteiger partial charge in [0.25, 0.3) is 5.91 Å². The smallest absolute Gasteiger partial charge is 0.261 e. The molecule has 1 atom stereocenters. The number of hydrogen-bond acceptors (Lipinski definition) is 4. The van der Waals surface area contributed by atoms with Crippen molar-refractivity contribution in [1.29, 1.82) is 0 Å². The summed E-state index contributed by atoms with van der Waals surface area (Å²) in [4.78, 5) is 16.9. The van der Waals surface area contributed by atoms with Crippen molar-refractivity contribution in [1.82, 2.24) is 10.2 Å². The van der Waals surface area contributed by atoms with Crippen molar-refractivity contribution < 1.29 is 9.18 Å². The highest BCUT2D eigenvalue weighted by Crippen LogP contribution is 2.28. The van der Waals surface area contributed by atoms with E-state index in [4.69, 9.17) is 0 Å². The Bertz CT molecular complexity index is 1000. The lowest BCUT2D eigenvalue weighted by Gasteiger charge is -2.16. The van der Waals surface area contributed by atoms with Crippen molar-refractivity contribution in [3.63, 3.8) is 0 Å². The van der Waals surface area contributed by atoms with E-state index in [-0.39, 0.29) is 11.7 Å². The van der Waals surface area contributed by atoms with E-state index in [1.807, 2.05) is 5.38 Å². The predicted octanol–water partition coefficient (Wildman–Crippen LogP) is 5.53. The minimum absolute atomic E-state index is 0.0753. The molecule has 1 unspecified atom stereocenters. The van der Waals surface area contributed by atoms with Crippen LogP contribution in [-0.4, -0.2) is 36.7 Å². The van der Waals surface area contributed by atoms with Gasteiger partial charge in [-0.3, -0.25) is 9.69 Å². The Hall–Kier alpha value is -2.15. The van der Waals surface area contributed by atoms with E-state index >= 15 is 0 Å². The molecule has 2 heterocycles. The van der Waals surface area contributed by atoms with Gasteiger partial charge in [0.05, 0.1) is 4.88 Å². The van der Waals surface area contributed by atoms with Crippen LogP contribution in [0.25, 0.3) is 11.1 Å². The van der Waals surface area contributed by atoms with Crippen LogP contribution in [0, 0.1) is 11.7 Å². The second-order valence-electron chi connectivity index (χ2n) is 7.63. The van der Waals surface area contributed by atoms with Crippen molar-refractivity contribution in [2.75, 3.05) is 25.9 Å². The Balaban J connectivity index is 1.27. The van der Waals surface area contributed by atoms with Crippen molar-refractivity contribution in [2.45, 2.75) is 17.9 Å². The van der Waals surface area contributed by atoms with Crippen LogP contribution >= 0.6 is 23.1 Å². The lowest BCUT2D eigenvalue weighted by Crippen LogP contribution is -2.30. The Morgan fingerprint density at radius 1 is 1.23 bits per heavy atom. The molecular weight excluding hydrogens is 415 g/mol. The van der Waals surface area contributed by atoms with Gasteiger partial charge in [0, 0.05) is 30.1 Å². The highest BCUT2D eigenvalue weighted by atomic mass is 32.2. The molecule has 1 saturated heterocycles. The molecule has 0 spiro atoms. The van der Waals surface area contributed by atoms with Crippen LogP contribution in [0.1, 0.15) is 21.7 Å². The minimum Gasteiger partial charge on any atom is -0.351 e. The fraction of sp³-hybridized carbons (Fsp3) is 0.292. The quantitative estimate of drug-likeness (QED) is 0.491. The van der Waals surface area contributed by atoms with E-state index in [0.717, 1.165) is 31.6 Å². The first-order chi connectivity index (χ1) is 14.6. The third-order valence-corrected chi connectivity index (χ3v) is 7.17. The van der Waals surface area contributed by atoms with Gasteiger partial charge in [0.1, 0.15) is 5.82 Å². The molecule has 1 amide bonds. The number of carbonyl (C=O) groups excluding carboxylic acids is 1. The summed E-state index contributed by atoms with van der Waals surface area (Å²) in [5.74, 6) is 0.121. The van der Waals surface area contributed by atoms with E-state index in [9.17, 15) is 9.18 Å². The lowest BCUT2D eigenvalue weighted by atomic mass is 10.1. The average Bonchev–Trinajstić information content (AvgIpc) is 3.43. The monoisotopic (exact) mass is 440 g/mol. The van der Waals surface area contributed by atoms with E-state index in [0.29, 0.717) is 22.9 Å². The molecule has 1 N–H and O–H groups in total. The average molecular weight is 441 g/mol. The highest BCUT2D eigenvalue weighted by Gasteiger charge is 2.23. The van der Waals surface area contributed by atoms with E-state index in [1.165, 1.54) is 27.9 Å². The summed E-state index contributed by atoms with van der Waals surface area (Å²) >= 11 is 3.12. The van der Waals surface area contributed by atoms with E-state index in [1.54, 1.807) is 36.0 Å². The normalized spacial score (nSPS) is 16.7.